The van der Waals surface area contributed by atoms with Crippen molar-refractivity contribution in [2.45, 2.75) is 0 Å². The summed E-state index contributed by atoms with van der Waals surface area (Å²) in [5.74, 6) is 1.26. The van der Waals surface area contributed by atoms with Crippen LogP contribution in [0.3, 0.4) is 0 Å². The molecule has 1 aliphatic heterocycles. The van der Waals surface area contributed by atoms with Crippen molar-refractivity contribution in [2.24, 2.45) is 0 Å². The smallest absolute Gasteiger partial charge is 0.364 e. The van der Waals surface area contributed by atoms with Crippen LogP contribution >= 0.6 is 0 Å². The topological polar surface area (TPSA) is 90.7 Å². The summed E-state index contributed by atoms with van der Waals surface area (Å²) in [4.78, 5) is 3.92. The Morgan fingerprint density at radius 3 is 2.67 bits per heavy atom. The Morgan fingerprint density at radius 2 is 2.00 bits per heavy atom. The van der Waals surface area contributed by atoms with Gasteiger partial charge in [-0.3, -0.25) is 4.55 Å². The van der Waals surface area contributed by atoms with E-state index in [1.54, 1.807) is 18.2 Å². The zero-order valence-electron chi connectivity index (χ0n) is 10.9. The quantitative estimate of drug-likeness (QED) is 0.861. The zero-order valence-corrected chi connectivity index (χ0v) is 11.7. The highest BCUT2D eigenvalue weighted by molar-refractivity contribution is 7.84. The first-order valence-corrected chi connectivity index (χ1v) is 7.46. The first kappa shape index (κ1) is 13.7. The lowest BCUT2D eigenvalue weighted by Gasteiger charge is -2.19. The molecule has 0 radical (unpaired) electrons. The van der Waals surface area contributed by atoms with E-state index in [2.05, 4.69) is 11.6 Å². The third kappa shape index (κ3) is 2.63. The second-order valence-corrected chi connectivity index (χ2v) is 5.72. The summed E-state index contributed by atoms with van der Waals surface area (Å²) in [5.41, 5.74) is 1.57. The summed E-state index contributed by atoms with van der Waals surface area (Å²) >= 11 is 0. The second kappa shape index (κ2) is 4.90. The molecule has 0 bridgehead atoms. The van der Waals surface area contributed by atoms with Crippen LogP contribution in [0.1, 0.15) is 11.3 Å². The van der Waals surface area contributed by atoms with Crippen LogP contribution in [0.4, 0.5) is 0 Å². The summed E-state index contributed by atoms with van der Waals surface area (Å²) in [6.45, 7) is 4.87. The highest BCUT2D eigenvalue weighted by Gasteiger charge is 2.16. The number of fused-ring (bicyclic) bond motifs is 1. The lowest BCUT2D eigenvalue weighted by atomic mass is 10.0. The van der Waals surface area contributed by atoms with Gasteiger partial charge < -0.3 is 9.47 Å². The van der Waals surface area contributed by atoms with Crippen molar-refractivity contribution in [1.29, 1.82) is 0 Å². The molecule has 21 heavy (non-hydrogen) atoms. The predicted molar refractivity (Wildman–Crippen MR) is 74.7 cm³/mol. The van der Waals surface area contributed by atoms with Crippen LogP contribution in [0, 0.1) is 0 Å². The van der Waals surface area contributed by atoms with Gasteiger partial charge in [0.25, 0.3) is 0 Å². The molecule has 3 rings (SSSR count). The van der Waals surface area contributed by atoms with E-state index < -0.39 is 10.3 Å². The molecular formula is C13H12N2O5S. The normalized spacial score (nSPS) is 14.0. The zero-order chi connectivity index (χ0) is 15.0. The van der Waals surface area contributed by atoms with Crippen LogP contribution in [-0.2, 0) is 10.3 Å². The van der Waals surface area contributed by atoms with Crippen molar-refractivity contribution in [2.75, 3.05) is 13.2 Å². The minimum Gasteiger partial charge on any atom is -0.486 e. The Kier molecular flexibility index (Phi) is 3.19. The van der Waals surface area contributed by atoms with Crippen LogP contribution in [0.15, 0.2) is 37.3 Å². The minimum atomic E-state index is -4.34. The number of hydrogen-bond acceptors (Lipinski definition) is 5. The fraction of sp³-hybridized carbons (Fsp3) is 0.154. The molecule has 0 spiro atoms. The molecule has 8 heteroatoms. The van der Waals surface area contributed by atoms with Crippen molar-refractivity contribution in [1.82, 2.24) is 8.96 Å². The molecule has 0 saturated carbocycles. The largest absolute Gasteiger partial charge is 0.486 e. The van der Waals surface area contributed by atoms with E-state index in [9.17, 15) is 8.42 Å². The van der Waals surface area contributed by atoms with E-state index in [-0.39, 0.29) is 0 Å². The van der Waals surface area contributed by atoms with E-state index >= 15 is 0 Å². The Morgan fingerprint density at radius 1 is 1.29 bits per heavy atom. The maximum absolute atomic E-state index is 11.0. The molecule has 0 aliphatic carbocycles. The first-order valence-electron chi connectivity index (χ1n) is 6.06. The summed E-state index contributed by atoms with van der Waals surface area (Å²) < 4.78 is 42.5. The first-order chi connectivity index (χ1) is 9.95. The van der Waals surface area contributed by atoms with Crippen LogP contribution < -0.4 is 9.47 Å². The number of aromatic nitrogens is 2. The third-order valence-electron chi connectivity index (χ3n) is 3.03. The van der Waals surface area contributed by atoms with Crippen molar-refractivity contribution >= 4 is 15.9 Å². The summed E-state index contributed by atoms with van der Waals surface area (Å²) in [7, 11) is -4.34. The molecular weight excluding hydrogens is 296 g/mol. The fourth-order valence-electron chi connectivity index (χ4n) is 1.97. The van der Waals surface area contributed by atoms with Gasteiger partial charge in [-0.2, -0.15) is 8.42 Å². The van der Waals surface area contributed by atoms with E-state index in [0.29, 0.717) is 40.0 Å². The van der Waals surface area contributed by atoms with Gasteiger partial charge in [0, 0.05) is 5.57 Å². The molecule has 1 aromatic carbocycles. The minimum absolute atomic E-state index is 0.337. The van der Waals surface area contributed by atoms with Gasteiger partial charge in [0.1, 0.15) is 19.5 Å². The molecule has 7 nitrogen and oxygen atoms in total. The van der Waals surface area contributed by atoms with E-state index in [0.717, 1.165) is 11.9 Å². The van der Waals surface area contributed by atoms with Gasteiger partial charge in [0.15, 0.2) is 11.5 Å². The predicted octanol–water partition coefficient (Wildman–Crippen LogP) is 1.37. The molecule has 0 atom stereocenters. The molecule has 2 aromatic rings. The monoisotopic (exact) mass is 308 g/mol. The lowest BCUT2D eigenvalue weighted by Crippen LogP contribution is -2.15. The van der Waals surface area contributed by atoms with Crippen molar-refractivity contribution in [3.63, 3.8) is 0 Å². The van der Waals surface area contributed by atoms with Gasteiger partial charge in [-0.15, -0.1) is 0 Å². The van der Waals surface area contributed by atoms with Gasteiger partial charge in [-0.1, -0.05) is 12.6 Å². The van der Waals surface area contributed by atoms with Crippen LogP contribution in [-0.4, -0.2) is 35.1 Å². The van der Waals surface area contributed by atoms with E-state index in [1.165, 1.54) is 6.20 Å². The van der Waals surface area contributed by atoms with Gasteiger partial charge in [-0.25, -0.2) is 8.96 Å². The molecule has 0 fully saturated rings. The van der Waals surface area contributed by atoms with E-state index in [1.807, 2.05) is 0 Å². The highest BCUT2D eigenvalue weighted by atomic mass is 32.2. The summed E-state index contributed by atoms with van der Waals surface area (Å²) in [6, 6.07) is 5.29. The van der Waals surface area contributed by atoms with Crippen molar-refractivity contribution in [3.05, 3.63) is 48.6 Å². The molecule has 0 saturated heterocycles. The Bertz CT molecular complexity index is 810. The Labute approximate surface area is 121 Å². The standard InChI is InChI=1S/C13H12N2O5S/c1-9(11-7-15(8-14-11)21(16,17)18)10-2-3-12-13(6-10)20-5-4-19-12/h2-3,6-8H,1,4-5H2,(H,16,17,18). The van der Waals surface area contributed by atoms with Crippen LogP contribution in [0.25, 0.3) is 5.57 Å². The Balaban J connectivity index is 1.93. The maximum Gasteiger partial charge on any atom is 0.364 e. The number of benzene rings is 1. The fourth-order valence-corrected chi connectivity index (χ4v) is 2.37. The molecule has 110 valence electrons. The number of rotatable bonds is 3. The summed E-state index contributed by atoms with van der Waals surface area (Å²) in [5, 5.41) is 0. The maximum atomic E-state index is 11.0. The van der Waals surface area contributed by atoms with Crippen LogP contribution in [0.5, 0.6) is 11.5 Å². The van der Waals surface area contributed by atoms with Crippen molar-refractivity contribution in [3.8, 4) is 11.5 Å². The van der Waals surface area contributed by atoms with E-state index in [4.69, 9.17) is 14.0 Å². The number of nitrogens with zero attached hydrogens (tertiary/aromatic N) is 2. The number of hydrogen-bond donors (Lipinski definition) is 1. The average molecular weight is 308 g/mol. The molecule has 0 amide bonds. The highest BCUT2D eigenvalue weighted by Crippen LogP contribution is 2.33. The molecule has 1 N–H and O–H groups in total. The molecule has 2 heterocycles. The summed E-state index contributed by atoms with van der Waals surface area (Å²) in [6.07, 6.45) is 2.20. The van der Waals surface area contributed by atoms with Gasteiger partial charge >= 0.3 is 10.3 Å². The lowest BCUT2D eigenvalue weighted by molar-refractivity contribution is 0.171. The van der Waals surface area contributed by atoms with Gasteiger partial charge in [0.05, 0.1) is 11.9 Å². The second-order valence-electron chi connectivity index (χ2n) is 4.40. The Hall–Kier alpha value is -2.32. The average Bonchev–Trinajstić information content (AvgIpc) is 2.96. The molecule has 1 aromatic heterocycles. The number of ether oxygens (including phenoxy) is 2. The number of imidazole rings is 1. The van der Waals surface area contributed by atoms with Gasteiger partial charge in [-0.05, 0) is 17.7 Å². The molecule has 0 unspecified atom stereocenters. The third-order valence-corrected chi connectivity index (χ3v) is 3.76. The van der Waals surface area contributed by atoms with Crippen LogP contribution in [0.2, 0.25) is 0 Å². The SMILES string of the molecule is C=C(c1ccc2c(c1)OCCO2)c1cn(S(=O)(=O)O)cn1. The molecule has 1 aliphatic rings. The van der Waals surface area contributed by atoms with Crippen molar-refractivity contribution < 1.29 is 22.4 Å². The van der Waals surface area contributed by atoms with Gasteiger partial charge in [0.2, 0.25) is 0 Å².